The summed E-state index contributed by atoms with van der Waals surface area (Å²) in [7, 11) is 0. The Morgan fingerprint density at radius 3 is 2.71 bits per heavy atom. The molecule has 0 heterocycles. The number of aliphatic hydroxyl groups excluding tert-OH is 1. The minimum absolute atomic E-state index is 0.127. The molecule has 0 radical (unpaired) electrons. The van der Waals surface area contributed by atoms with Crippen LogP contribution in [0.2, 0.25) is 5.02 Å². The minimum Gasteiger partial charge on any atom is -0.396 e. The van der Waals surface area contributed by atoms with Crippen LogP contribution >= 0.6 is 11.6 Å². The Hall–Kier alpha value is -1.06. The van der Waals surface area contributed by atoms with Gasteiger partial charge in [0.05, 0.1) is 6.61 Å². The zero-order valence-corrected chi connectivity index (χ0v) is 10.9. The second-order valence-corrected chi connectivity index (χ2v) is 4.66. The molecule has 17 heavy (non-hydrogen) atoms. The summed E-state index contributed by atoms with van der Waals surface area (Å²) in [5.41, 5.74) is 2.07. The minimum atomic E-state index is -0.170. The Bertz CT molecular complexity index is 391. The van der Waals surface area contributed by atoms with E-state index >= 15 is 0 Å². The highest BCUT2D eigenvalue weighted by Crippen LogP contribution is 2.22. The van der Waals surface area contributed by atoms with Crippen molar-refractivity contribution < 1.29 is 9.90 Å². The van der Waals surface area contributed by atoms with Gasteiger partial charge >= 0.3 is 0 Å². The predicted molar refractivity (Wildman–Crippen MR) is 69.1 cm³/mol. The van der Waals surface area contributed by atoms with Crippen LogP contribution in [-0.4, -0.2) is 17.6 Å². The fourth-order valence-electron chi connectivity index (χ4n) is 1.45. The molecule has 4 heteroatoms. The molecule has 0 spiro atoms. The van der Waals surface area contributed by atoms with Crippen molar-refractivity contribution in [3.63, 3.8) is 0 Å². The summed E-state index contributed by atoms with van der Waals surface area (Å²) in [6, 6.07) is 5.88. The van der Waals surface area contributed by atoms with Crippen molar-refractivity contribution in [2.45, 2.75) is 32.7 Å². The van der Waals surface area contributed by atoms with Crippen molar-refractivity contribution in [1.29, 1.82) is 0 Å². The van der Waals surface area contributed by atoms with Gasteiger partial charge in [0.15, 0.2) is 0 Å². The average Bonchev–Trinajstić information content (AvgIpc) is 2.27. The second kappa shape index (κ2) is 6.62. The standard InChI is InChI=1S/C13H18ClNO2/c1-9(2)10-3-4-11(12(14)7-10)8-15-13(17)5-6-16/h3-4,7,9,16H,5-6,8H2,1-2H3,(H,15,17). The van der Waals surface area contributed by atoms with E-state index in [1.807, 2.05) is 18.2 Å². The van der Waals surface area contributed by atoms with Gasteiger partial charge in [-0.25, -0.2) is 0 Å². The third-order valence-electron chi connectivity index (χ3n) is 2.56. The van der Waals surface area contributed by atoms with E-state index in [1.54, 1.807) is 0 Å². The van der Waals surface area contributed by atoms with E-state index in [1.165, 1.54) is 5.56 Å². The quantitative estimate of drug-likeness (QED) is 0.849. The fourth-order valence-corrected chi connectivity index (χ4v) is 1.71. The van der Waals surface area contributed by atoms with Crippen molar-refractivity contribution in [3.8, 4) is 0 Å². The van der Waals surface area contributed by atoms with Crippen molar-refractivity contribution in [3.05, 3.63) is 34.3 Å². The summed E-state index contributed by atoms with van der Waals surface area (Å²) in [6.07, 6.45) is 0.127. The molecular formula is C13H18ClNO2. The van der Waals surface area contributed by atoms with Crippen molar-refractivity contribution in [2.75, 3.05) is 6.61 Å². The molecule has 2 N–H and O–H groups in total. The zero-order chi connectivity index (χ0) is 12.8. The molecule has 0 saturated carbocycles. The van der Waals surface area contributed by atoms with E-state index < -0.39 is 0 Å². The van der Waals surface area contributed by atoms with Crippen LogP contribution in [0.1, 0.15) is 37.3 Å². The number of nitrogens with one attached hydrogen (secondary N) is 1. The van der Waals surface area contributed by atoms with Crippen LogP contribution < -0.4 is 5.32 Å². The van der Waals surface area contributed by atoms with Crippen molar-refractivity contribution >= 4 is 17.5 Å². The molecule has 0 fully saturated rings. The van der Waals surface area contributed by atoms with Gasteiger partial charge in [0.25, 0.3) is 0 Å². The number of carbonyl (C=O) groups excluding carboxylic acids is 1. The third kappa shape index (κ3) is 4.36. The molecular weight excluding hydrogens is 238 g/mol. The van der Waals surface area contributed by atoms with Crippen LogP contribution in [0.3, 0.4) is 0 Å². The lowest BCUT2D eigenvalue weighted by atomic mass is 10.0. The fraction of sp³-hybridized carbons (Fsp3) is 0.462. The Morgan fingerprint density at radius 1 is 1.47 bits per heavy atom. The molecule has 1 rings (SSSR count). The largest absolute Gasteiger partial charge is 0.396 e. The summed E-state index contributed by atoms with van der Waals surface area (Å²) >= 11 is 6.13. The number of hydrogen-bond donors (Lipinski definition) is 2. The maximum absolute atomic E-state index is 11.2. The Labute approximate surface area is 107 Å². The van der Waals surface area contributed by atoms with Gasteiger partial charge in [-0.3, -0.25) is 4.79 Å². The highest BCUT2D eigenvalue weighted by atomic mass is 35.5. The molecule has 0 aliphatic heterocycles. The Morgan fingerprint density at radius 2 is 2.18 bits per heavy atom. The average molecular weight is 256 g/mol. The van der Waals surface area contributed by atoms with Crippen molar-refractivity contribution in [1.82, 2.24) is 5.32 Å². The van der Waals surface area contributed by atoms with E-state index in [2.05, 4.69) is 19.2 Å². The van der Waals surface area contributed by atoms with Crippen LogP contribution in [0, 0.1) is 0 Å². The van der Waals surface area contributed by atoms with E-state index in [0.717, 1.165) is 5.56 Å². The topological polar surface area (TPSA) is 49.3 Å². The highest BCUT2D eigenvalue weighted by molar-refractivity contribution is 6.31. The first kappa shape index (κ1) is 14.0. The lowest BCUT2D eigenvalue weighted by molar-refractivity contribution is -0.121. The van der Waals surface area contributed by atoms with Gasteiger partial charge in [0.1, 0.15) is 0 Å². The predicted octanol–water partition coefficient (Wildman–Crippen LogP) is 2.46. The highest BCUT2D eigenvalue weighted by Gasteiger charge is 2.06. The SMILES string of the molecule is CC(C)c1ccc(CNC(=O)CCO)c(Cl)c1. The maximum atomic E-state index is 11.2. The summed E-state index contributed by atoms with van der Waals surface area (Å²) in [5.74, 6) is 0.266. The molecule has 0 aromatic heterocycles. The smallest absolute Gasteiger partial charge is 0.222 e. The van der Waals surface area contributed by atoms with Gasteiger partial charge in [-0.2, -0.15) is 0 Å². The number of amides is 1. The first-order valence-electron chi connectivity index (χ1n) is 5.70. The van der Waals surface area contributed by atoms with E-state index in [0.29, 0.717) is 17.5 Å². The molecule has 3 nitrogen and oxygen atoms in total. The third-order valence-corrected chi connectivity index (χ3v) is 2.91. The van der Waals surface area contributed by atoms with Gasteiger partial charge in [-0.05, 0) is 23.1 Å². The summed E-state index contributed by atoms with van der Waals surface area (Å²) in [6.45, 7) is 4.48. The van der Waals surface area contributed by atoms with Crippen LogP contribution in [0.15, 0.2) is 18.2 Å². The Balaban J connectivity index is 2.63. The van der Waals surface area contributed by atoms with Crippen LogP contribution in [0.5, 0.6) is 0 Å². The van der Waals surface area contributed by atoms with E-state index in [4.69, 9.17) is 16.7 Å². The second-order valence-electron chi connectivity index (χ2n) is 4.26. The normalized spacial score (nSPS) is 10.6. The number of rotatable bonds is 5. The number of carbonyl (C=O) groups is 1. The molecule has 0 atom stereocenters. The van der Waals surface area contributed by atoms with Gasteiger partial charge in [0, 0.05) is 18.0 Å². The number of hydrogen-bond acceptors (Lipinski definition) is 2. The lowest BCUT2D eigenvalue weighted by Crippen LogP contribution is -2.23. The Kier molecular flexibility index (Phi) is 5.45. The van der Waals surface area contributed by atoms with E-state index in [-0.39, 0.29) is 18.9 Å². The number of aliphatic hydroxyl groups is 1. The molecule has 0 unspecified atom stereocenters. The first-order chi connectivity index (χ1) is 8.04. The van der Waals surface area contributed by atoms with Crippen molar-refractivity contribution in [2.24, 2.45) is 0 Å². The molecule has 1 amide bonds. The lowest BCUT2D eigenvalue weighted by Gasteiger charge is -2.10. The van der Waals surface area contributed by atoms with Crippen LogP contribution in [-0.2, 0) is 11.3 Å². The van der Waals surface area contributed by atoms with Gasteiger partial charge in [0.2, 0.25) is 5.91 Å². The summed E-state index contributed by atoms with van der Waals surface area (Å²) in [5, 5.41) is 12.0. The molecule has 1 aromatic rings. The molecule has 0 aliphatic carbocycles. The van der Waals surface area contributed by atoms with Gasteiger partial charge in [-0.15, -0.1) is 0 Å². The zero-order valence-electron chi connectivity index (χ0n) is 10.2. The van der Waals surface area contributed by atoms with Gasteiger partial charge in [-0.1, -0.05) is 37.6 Å². The van der Waals surface area contributed by atoms with Crippen LogP contribution in [0.25, 0.3) is 0 Å². The molecule has 0 bridgehead atoms. The summed E-state index contributed by atoms with van der Waals surface area (Å²) < 4.78 is 0. The van der Waals surface area contributed by atoms with E-state index in [9.17, 15) is 4.79 Å². The molecule has 94 valence electrons. The monoisotopic (exact) mass is 255 g/mol. The molecule has 0 aliphatic rings. The first-order valence-corrected chi connectivity index (χ1v) is 6.08. The number of halogens is 1. The molecule has 1 aromatic carbocycles. The van der Waals surface area contributed by atoms with Gasteiger partial charge < -0.3 is 10.4 Å². The van der Waals surface area contributed by atoms with Crippen LogP contribution in [0.4, 0.5) is 0 Å². The molecule has 0 saturated heterocycles. The maximum Gasteiger partial charge on any atom is 0.222 e. The number of benzene rings is 1. The summed E-state index contributed by atoms with van der Waals surface area (Å²) in [4.78, 5) is 11.2.